The Balaban J connectivity index is 1.38. The summed E-state index contributed by atoms with van der Waals surface area (Å²) in [4.78, 5) is 26.8. The number of anilines is 2. The van der Waals surface area contributed by atoms with Crippen molar-refractivity contribution in [2.45, 2.75) is 5.37 Å². The van der Waals surface area contributed by atoms with E-state index in [9.17, 15) is 14.0 Å². The molecule has 1 atom stereocenters. The normalized spacial score (nSPS) is 15.8. The summed E-state index contributed by atoms with van der Waals surface area (Å²) >= 11 is 1.46. The third-order valence-corrected chi connectivity index (χ3v) is 6.68. The van der Waals surface area contributed by atoms with Gasteiger partial charge in [-0.15, -0.1) is 11.8 Å². The van der Waals surface area contributed by atoms with Gasteiger partial charge in [-0.05, 0) is 46.7 Å². The Morgan fingerprint density at radius 3 is 2.44 bits per heavy atom. The van der Waals surface area contributed by atoms with Crippen molar-refractivity contribution in [1.82, 2.24) is 0 Å². The van der Waals surface area contributed by atoms with Crippen LogP contribution in [0.25, 0.3) is 10.8 Å². The van der Waals surface area contributed by atoms with Crippen molar-refractivity contribution in [3.63, 3.8) is 0 Å². The van der Waals surface area contributed by atoms with Crippen molar-refractivity contribution in [1.29, 1.82) is 0 Å². The molecule has 32 heavy (non-hydrogen) atoms. The summed E-state index contributed by atoms with van der Waals surface area (Å²) < 4.78 is 14.3. The molecule has 4 nitrogen and oxygen atoms in total. The molecule has 0 spiro atoms. The van der Waals surface area contributed by atoms with Gasteiger partial charge < -0.3 is 5.32 Å². The maximum absolute atomic E-state index is 14.3. The number of benzene rings is 4. The summed E-state index contributed by atoms with van der Waals surface area (Å²) in [5.41, 5.74) is 2.40. The first-order chi connectivity index (χ1) is 15.6. The molecule has 1 saturated heterocycles. The zero-order chi connectivity index (χ0) is 22.1. The van der Waals surface area contributed by atoms with E-state index < -0.39 is 5.82 Å². The van der Waals surface area contributed by atoms with Crippen molar-refractivity contribution >= 4 is 45.7 Å². The Labute approximate surface area is 189 Å². The van der Waals surface area contributed by atoms with Crippen LogP contribution in [0.5, 0.6) is 0 Å². The first-order valence-corrected chi connectivity index (χ1v) is 11.2. The van der Waals surface area contributed by atoms with Crippen LogP contribution in [0.1, 0.15) is 21.3 Å². The van der Waals surface area contributed by atoms with Crippen LogP contribution in [0.4, 0.5) is 15.8 Å². The lowest BCUT2D eigenvalue weighted by Gasteiger charge is -2.24. The Kier molecular flexibility index (Phi) is 5.37. The third kappa shape index (κ3) is 3.74. The van der Waals surface area contributed by atoms with Gasteiger partial charge in [-0.25, -0.2) is 4.39 Å². The van der Waals surface area contributed by atoms with Gasteiger partial charge in [0.15, 0.2) is 0 Å². The van der Waals surface area contributed by atoms with E-state index in [-0.39, 0.29) is 22.9 Å². The second kappa shape index (κ2) is 8.48. The molecule has 1 fully saturated rings. The topological polar surface area (TPSA) is 49.4 Å². The molecule has 1 heterocycles. The van der Waals surface area contributed by atoms with Gasteiger partial charge in [0, 0.05) is 11.3 Å². The standard InChI is InChI=1S/C26H19FN2O2S/c27-22-10-3-4-11-23(22)29-24(30)16-32-26(29)18-12-14-19(15-13-18)28-25(31)21-9-5-7-17-6-1-2-8-20(17)21/h1-15,26H,16H2,(H,28,31)/t26-/m0/s1. The summed E-state index contributed by atoms with van der Waals surface area (Å²) in [6.07, 6.45) is 0. The molecule has 0 saturated carbocycles. The lowest BCUT2D eigenvalue weighted by molar-refractivity contribution is -0.115. The van der Waals surface area contributed by atoms with E-state index in [0.717, 1.165) is 16.3 Å². The van der Waals surface area contributed by atoms with Gasteiger partial charge in [-0.1, -0.05) is 60.7 Å². The molecule has 4 aromatic carbocycles. The number of carbonyl (C=O) groups excluding carboxylic acids is 2. The highest BCUT2D eigenvalue weighted by atomic mass is 32.2. The summed E-state index contributed by atoms with van der Waals surface area (Å²) in [6, 6.07) is 27.0. The molecule has 6 heteroatoms. The van der Waals surface area contributed by atoms with Crippen LogP contribution in [0, 0.1) is 5.82 Å². The summed E-state index contributed by atoms with van der Waals surface area (Å²) in [5.74, 6) is -0.447. The first-order valence-electron chi connectivity index (χ1n) is 10.2. The molecule has 0 unspecified atom stereocenters. The fourth-order valence-corrected chi connectivity index (χ4v) is 5.10. The highest BCUT2D eigenvalue weighted by Crippen LogP contribution is 2.42. The number of carbonyl (C=O) groups is 2. The Hall–Kier alpha value is -3.64. The van der Waals surface area contributed by atoms with Gasteiger partial charge in [0.1, 0.15) is 11.2 Å². The molecule has 0 aromatic heterocycles. The zero-order valence-electron chi connectivity index (χ0n) is 17.0. The van der Waals surface area contributed by atoms with Gasteiger partial charge in [0.05, 0.1) is 11.4 Å². The highest BCUT2D eigenvalue weighted by Gasteiger charge is 2.35. The predicted octanol–water partition coefficient (Wildman–Crippen LogP) is 6.01. The molecule has 2 amide bonds. The fraction of sp³-hybridized carbons (Fsp3) is 0.0769. The summed E-state index contributed by atoms with van der Waals surface area (Å²) in [6.45, 7) is 0. The van der Waals surface area contributed by atoms with Gasteiger partial charge in [-0.2, -0.15) is 0 Å². The van der Waals surface area contributed by atoms with Gasteiger partial charge in [-0.3, -0.25) is 14.5 Å². The van der Waals surface area contributed by atoms with Crippen LogP contribution in [-0.2, 0) is 4.79 Å². The molecule has 0 aliphatic carbocycles. The van der Waals surface area contributed by atoms with Crippen LogP contribution >= 0.6 is 11.8 Å². The van der Waals surface area contributed by atoms with Gasteiger partial charge in [0.25, 0.3) is 5.91 Å². The number of para-hydroxylation sites is 1. The Morgan fingerprint density at radius 2 is 1.62 bits per heavy atom. The second-order valence-corrected chi connectivity index (χ2v) is 8.55. The fourth-order valence-electron chi connectivity index (χ4n) is 3.93. The summed E-state index contributed by atoms with van der Waals surface area (Å²) in [7, 11) is 0. The molecule has 1 N–H and O–H groups in total. The van der Waals surface area contributed by atoms with E-state index in [1.807, 2.05) is 48.5 Å². The summed E-state index contributed by atoms with van der Waals surface area (Å²) in [5, 5.41) is 4.53. The van der Waals surface area contributed by atoms with Crippen LogP contribution in [0.15, 0.2) is 91.0 Å². The molecular formula is C26H19FN2O2S. The minimum atomic E-state index is -0.424. The number of fused-ring (bicyclic) bond motifs is 1. The van der Waals surface area contributed by atoms with Crippen LogP contribution < -0.4 is 10.2 Å². The lowest BCUT2D eigenvalue weighted by atomic mass is 10.0. The molecule has 1 aliphatic heterocycles. The van der Waals surface area contributed by atoms with Crippen LogP contribution in [0.3, 0.4) is 0 Å². The average Bonchev–Trinajstić information content (AvgIpc) is 3.20. The van der Waals surface area contributed by atoms with Crippen molar-refractivity contribution in [3.8, 4) is 0 Å². The number of nitrogens with zero attached hydrogens (tertiary/aromatic N) is 1. The Morgan fingerprint density at radius 1 is 0.906 bits per heavy atom. The average molecular weight is 443 g/mol. The van der Waals surface area contributed by atoms with Crippen LogP contribution in [-0.4, -0.2) is 17.6 Å². The quantitative estimate of drug-likeness (QED) is 0.421. The number of nitrogens with one attached hydrogen (secondary N) is 1. The van der Waals surface area contributed by atoms with Crippen molar-refractivity contribution in [3.05, 3.63) is 108 Å². The molecular weight excluding hydrogens is 423 g/mol. The third-order valence-electron chi connectivity index (χ3n) is 5.47. The molecule has 0 radical (unpaired) electrons. The minimum Gasteiger partial charge on any atom is -0.322 e. The largest absolute Gasteiger partial charge is 0.322 e. The predicted molar refractivity (Wildman–Crippen MR) is 127 cm³/mol. The highest BCUT2D eigenvalue weighted by molar-refractivity contribution is 8.00. The monoisotopic (exact) mass is 442 g/mol. The number of amides is 2. The maximum atomic E-state index is 14.3. The van der Waals surface area contributed by atoms with Gasteiger partial charge >= 0.3 is 0 Å². The number of thioether (sulfide) groups is 1. The molecule has 0 bridgehead atoms. The van der Waals surface area contributed by atoms with E-state index >= 15 is 0 Å². The second-order valence-electron chi connectivity index (χ2n) is 7.48. The van der Waals surface area contributed by atoms with E-state index in [0.29, 0.717) is 17.0 Å². The first kappa shape index (κ1) is 20.3. The molecule has 158 valence electrons. The van der Waals surface area contributed by atoms with Crippen molar-refractivity contribution in [2.75, 3.05) is 16.0 Å². The number of halogens is 1. The zero-order valence-corrected chi connectivity index (χ0v) is 17.8. The Bertz CT molecular complexity index is 1320. The van der Waals surface area contributed by atoms with E-state index in [1.165, 1.54) is 22.7 Å². The molecule has 5 rings (SSSR count). The van der Waals surface area contributed by atoms with E-state index in [1.54, 1.807) is 36.4 Å². The lowest BCUT2D eigenvalue weighted by Crippen LogP contribution is -2.28. The van der Waals surface area contributed by atoms with E-state index in [2.05, 4.69) is 5.32 Å². The number of hydrogen-bond donors (Lipinski definition) is 1. The minimum absolute atomic E-state index is 0.126. The molecule has 4 aromatic rings. The number of hydrogen-bond acceptors (Lipinski definition) is 3. The number of rotatable bonds is 4. The maximum Gasteiger partial charge on any atom is 0.256 e. The van der Waals surface area contributed by atoms with Crippen molar-refractivity contribution < 1.29 is 14.0 Å². The van der Waals surface area contributed by atoms with Gasteiger partial charge in [0.2, 0.25) is 5.91 Å². The van der Waals surface area contributed by atoms with Crippen molar-refractivity contribution in [2.24, 2.45) is 0 Å². The molecule has 1 aliphatic rings. The van der Waals surface area contributed by atoms with Crippen LogP contribution in [0.2, 0.25) is 0 Å². The SMILES string of the molecule is O=C(Nc1ccc([C@@H]2SCC(=O)N2c2ccccc2F)cc1)c1cccc2ccccc12. The van der Waals surface area contributed by atoms with E-state index in [4.69, 9.17) is 0 Å². The smallest absolute Gasteiger partial charge is 0.256 e.